The molecule has 0 N–H and O–H groups in total. The molecule has 0 aromatic heterocycles. The lowest BCUT2D eigenvalue weighted by Gasteiger charge is -2.14. The molecule has 0 atom stereocenters. The Labute approximate surface area is 102 Å². The molecule has 3 heteroatoms. The molecule has 1 aliphatic heterocycles. The number of carbonyl (C=O) groups is 2. The summed E-state index contributed by atoms with van der Waals surface area (Å²) in [5.74, 6) is -0.136. The van der Waals surface area contributed by atoms with Crippen molar-refractivity contribution in [1.82, 2.24) is 4.90 Å². The van der Waals surface area contributed by atoms with Crippen LogP contribution in [0.1, 0.15) is 45.4 Å². The number of nitrogens with zero attached hydrogens (tertiary/aromatic N) is 1. The minimum Gasteiger partial charge on any atom is -0.275 e. The number of imide groups is 1. The van der Waals surface area contributed by atoms with Crippen molar-refractivity contribution >= 4 is 11.8 Å². The van der Waals surface area contributed by atoms with Crippen LogP contribution in [0.5, 0.6) is 0 Å². The van der Waals surface area contributed by atoms with Crippen LogP contribution in [-0.2, 0) is 9.59 Å². The maximum Gasteiger partial charge on any atom is 0.261 e. The lowest BCUT2D eigenvalue weighted by Crippen LogP contribution is -2.32. The molecule has 2 rings (SSSR count). The van der Waals surface area contributed by atoms with Crippen LogP contribution in [-0.4, -0.2) is 23.3 Å². The molecule has 0 saturated carbocycles. The molecular weight excluding hydrogens is 214 g/mol. The Bertz CT molecular complexity index is 393. The SMILES string of the molecule is CCCCCCN1C(=O)C2=C(CCC=C2)C1=O. The zero-order valence-electron chi connectivity index (χ0n) is 10.4. The first-order valence-electron chi connectivity index (χ1n) is 6.51. The van der Waals surface area contributed by atoms with E-state index in [0.29, 0.717) is 12.1 Å². The number of carbonyl (C=O) groups excluding carboxylic acids is 2. The third-order valence-corrected chi connectivity index (χ3v) is 3.38. The van der Waals surface area contributed by atoms with Gasteiger partial charge in [-0.05, 0) is 19.3 Å². The molecule has 0 bridgehead atoms. The van der Waals surface area contributed by atoms with Crippen LogP contribution in [0, 0.1) is 0 Å². The summed E-state index contributed by atoms with van der Waals surface area (Å²) >= 11 is 0. The standard InChI is InChI=1S/C14H19NO2/c1-2-3-4-7-10-15-13(16)11-8-5-6-9-12(11)14(15)17/h5,8H,2-4,6-7,9-10H2,1H3. The molecule has 0 spiro atoms. The summed E-state index contributed by atoms with van der Waals surface area (Å²) in [6.45, 7) is 2.73. The van der Waals surface area contributed by atoms with Crippen molar-refractivity contribution in [2.45, 2.75) is 45.4 Å². The summed E-state index contributed by atoms with van der Waals surface area (Å²) in [6, 6.07) is 0. The average molecular weight is 233 g/mol. The Morgan fingerprint density at radius 2 is 2.00 bits per heavy atom. The first kappa shape index (κ1) is 12.1. The van der Waals surface area contributed by atoms with E-state index in [1.807, 2.05) is 12.2 Å². The highest BCUT2D eigenvalue weighted by Gasteiger charge is 2.36. The third-order valence-electron chi connectivity index (χ3n) is 3.38. The van der Waals surface area contributed by atoms with E-state index < -0.39 is 0 Å². The van der Waals surface area contributed by atoms with Gasteiger partial charge >= 0.3 is 0 Å². The lowest BCUT2D eigenvalue weighted by molar-refractivity contribution is -0.137. The van der Waals surface area contributed by atoms with Crippen molar-refractivity contribution in [3.63, 3.8) is 0 Å². The van der Waals surface area contributed by atoms with Crippen LogP contribution < -0.4 is 0 Å². The number of amides is 2. The van der Waals surface area contributed by atoms with E-state index in [4.69, 9.17) is 0 Å². The van der Waals surface area contributed by atoms with Gasteiger partial charge in [-0.1, -0.05) is 38.3 Å². The molecule has 0 aromatic rings. The molecule has 92 valence electrons. The van der Waals surface area contributed by atoms with Gasteiger partial charge in [-0.2, -0.15) is 0 Å². The van der Waals surface area contributed by atoms with Crippen LogP contribution in [0.3, 0.4) is 0 Å². The summed E-state index contributed by atoms with van der Waals surface area (Å²) in [4.78, 5) is 25.5. The molecule has 3 nitrogen and oxygen atoms in total. The van der Waals surface area contributed by atoms with Crippen molar-refractivity contribution in [2.75, 3.05) is 6.54 Å². The van der Waals surface area contributed by atoms with Crippen molar-refractivity contribution in [2.24, 2.45) is 0 Å². The van der Waals surface area contributed by atoms with Crippen LogP contribution in [0.15, 0.2) is 23.3 Å². The third kappa shape index (κ3) is 2.33. The molecule has 1 heterocycles. The second-order valence-electron chi connectivity index (χ2n) is 4.66. The fourth-order valence-corrected chi connectivity index (χ4v) is 2.39. The molecule has 2 amide bonds. The van der Waals surface area contributed by atoms with Gasteiger partial charge in [0, 0.05) is 17.7 Å². The zero-order chi connectivity index (χ0) is 12.3. The van der Waals surface area contributed by atoms with Gasteiger partial charge in [-0.15, -0.1) is 0 Å². The smallest absolute Gasteiger partial charge is 0.261 e. The maximum absolute atomic E-state index is 12.0. The molecule has 0 fully saturated rings. The Morgan fingerprint density at radius 1 is 1.18 bits per heavy atom. The van der Waals surface area contributed by atoms with Gasteiger partial charge in [0.05, 0.1) is 0 Å². The first-order chi connectivity index (χ1) is 8.25. The number of hydrogen-bond acceptors (Lipinski definition) is 2. The zero-order valence-corrected chi connectivity index (χ0v) is 10.4. The highest BCUT2D eigenvalue weighted by Crippen LogP contribution is 2.29. The second-order valence-corrected chi connectivity index (χ2v) is 4.66. The molecule has 2 aliphatic rings. The molecule has 0 radical (unpaired) electrons. The average Bonchev–Trinajstić information content (AvgIpc) is 2.60. The van der Waals surface area contributed by atoms with Gasteiger partial charge in [-0.25, -0.2) is 0 Å². The monoisotopic (exact) mass is 233 g/mol. The molecule has 0 unspecified atom stereocenters. The Morgan fingerprint density at radius 3 is 2.71 bits per heavy atom. The van der Waals surface area contributed by atoms with Crippen molar-refractivity contribution in [3.8, 4) is 0 Å². The number of hydrogen-bond donors (Lipinski definition) is 0. The number of allylic oxidation sites excluding steroid dienone is 1. The van der Waals surface area contributed by atoms with Crippen molar-refractivity contribution in [3.05, 3.63) is 23.3 Å². The fourth-order valence-electron chi connectivity index (χ4n) is 2.39. The summed E-state index contributed by atoms with van der Waals surface area (Å²) in [6.07, 6.45) is 9.74. The minimum atomic E-state index is -0.0857. The summed E-state index contributed by atoms with van der Waals surface area (Å²) in [7, 11) is 0. The van der Waals surface area contributed by atoms with Gasteiger partial charge in [0.1, 0.15) is 0 Å². The van der Waals surface area contributed by atoms with E-state index in [1.165, 1.54) is 17.7 Å². The topological polar surface area (TPSA) is 37.4 Å². The van der Waals surface area contributed by atoms with Crippen LogP contribution in [0.2, 0.25) is 0 Å². The molecule has 0 saturated heterocycles. The summed E-state index contributed by atoms with van der Waals surface area (Å²) < 4.78 is 0. The van der Waals surface area contributed by atoms with E-state index in [-0.39, 0.29) is 11.8 Å². The van der Waals surface area contributed by atoms with Gasteiger partial charge in [0.15, 0.2) is 0 Å². The second kappa shape index (κ2) is 5.30. The van der Waals surface area contributed by atoms with E-state index in [0.717, 1.165) is 31.3 Å². The van der Waals surface area contributed by atoms with Gasteiger partial charge in [0.25, 0.3) is 11.8 Å². The lowest BCUT2D eigenvalue weighted by atomic mass is 10.00. The Balaban J connectivity index is 1.96. The normalized spacial score (nSPS) is 19.2. The fraction of sp³-hybridized carbons (Fsp3) is 0.571. The van der Waals surface area contributed by atoms with E-state index >= 15 is 0 Å². The Kier molecular flexibility index (Phi) is 3.77. The number of unbranched alkanes of at least 4 members (excludes halogenated alkanes) is 3. The van der Waals surface area contributed by atoms with E-state index in [2.05, 4.69) is 6.92 Å². The van der Waals surface area contributed by atoms with Gasteiger partial charge < -0.3 is 0 Å². The first-order valence-corrected chi connectivity index (χ1v) is 6.51. The van der Waals surface area contributed by atoms with Gasteiger partial charge in [-0.3, -0.25) is 14.5 Å². The van der Waals surface area contributed by atoms with Crippen molar-refractivity contribution in [1.29, 1.82) is 0 Å². The largest absolute Gasteiger partial charge is 0.275 e. The highest BCUT2D eigenvalue weighted by molar-refractivity contribution is 6.20. The predicted octanol–water partition coefficient (Wildman–Crippen LogP) is 2.58. The highest BCUT2D eigenvalue weighted by atomic mass is 16.2. The van der Waals surface area contributed by atoms with Crippen LogP contribution in [0.25, 0.3) is 0 Å². The molecular formula is C14H19NO2. The van der Waals surface area contributed by atoms with Crippen LogP contribution in [0.4, 0.5) is 0 Å². The molecule has 1 aliphatic carbocycles. The minimum absolute atomic E-state index is 0.0501. The molecule has 17 heavy (non-hydrogen) atoms. The van der Waals surface area contributed by atoms with Gasteiger partial charge in [0.2, 0.25) is 0 Å². The maximum atomic E-state index is 12.0. The molecule has 0 aromatic carbocycles. The van der Waals surface area contributed by atoms with E-state index in [9.17, 15) is 9.59 Å². The summed E-state index contributed by atoms with van der Waals surface area (Å²) in [5.41, 5.74) is 1.37. The summed E-state index contributed by atoms with van der Waals surface area (Å²) in [5, 5.41) is 0. The van der Waals surface area contributed by atoms with Crippen molar-refractivity contribution < 1.29 is 9.59 Å². The van der Waals surface area contributed by atoms with Crippen LogP contribution >= 0.6 is 0 Å². The predicted molar refractivity (Wildman–Crippen MR) is 66.3 cm³/mol. The quantitative estimate of drug-likeness (QED) is 0.540. The number of rotatable bonds is 5. The van der Waals surface area contributed by atoms with E-state index in [1.54, 1.807) is 0 Å². The Hall–Kier alpha value is -1.38.